The number of carboxylic acids is 2. The summed E-state index contributed by atoms with van der Waals surface area (Å²) in [6.07, 6.45) is 1.62. The number of amides is 11. The molecule has 27 N–H and O–H groups in total. The molecule has 0 aliphatic carbocycles. The molecular formula is C70H100N22O16. The summed E-state index contributed by atoms with van der Waals surface area (Å²) in [6, 6.07) is 9.93. The number of aliphatic hydroxyl groups excluding tert-OH is 1. The van der Waals surface area contributed by atoms with Crippen molar-refractivity contribution in [1.29, 1.82) is 10.8 Å². The van der Waals surface area contributed by atoms with Crippen molar-refractivity contribution in [3.63, 3.8) is 0 Å². The molecule has 5 aromatic rings. The third kappa shape index (κ3) is 29.8. The molecule has 0 aliphatic rings. The molecule has 0 bridgehead atoms. The fraction of sp³-hybridized carbons (Fsp3) is 0.471. The number of nitrogens with one attached hydrogen (secondary N) is 14. The average Bonchev–Trinajstić information content (AvgIpc) is 1.64. The molecule has 38 heteroatoms. The van der Waals surface area contributed by atoms with E-state index in [2.05, 4.69) is 73.8 Å². The largest absolute Gasteiger partial charge is 0.481 e. The van der Waals surface area contributed by atoms with Crippen LogP contribution in [0.1, 0.15) is 107 Å². The summed E-state index contributed by atoms with van der Waals surface area (Å²) in [7, 11) is 0. The van der Waals surface area contributed by atoms with Crippen molar-refractivity contribution < 1.29 is 77.6 Å². The van der Waals surface area contributed by atoms with E-state index in [1.807, 2.05) is 30.3 Å². The first-order chi connectivity index (χ1) is 51.3. The van der Waals surface area contributed by atoms with Gasteiger partial charge in [-0.2, -0.15) is 0 Å². The zero-order valence-electron chi connectivity index (χ0n) is 60.3. The van der Waals surface area contributed by atoms with Crippen molar-refractivity contribution in [3.8, 4) is 0 Å². The summed E-state index contributed by atoms with van der Waals surface area (Å²) in [5.41, 5.74) is 30.8. The first-order valence-corrected chi connectivity index (χ1v) is 35.1. The minimum atomic E-state index is -1.73. The van der Waals surface area contributed by atoms with E-state index in [1.54, 1.807) is 67.7 Å². The number of H-pyrrole nitrogens is 1. The molecule has 6 unspecified atom stereocenters. The predicted octanol–water partition coefficient (Wildman–Crippen LogP) is -3.99. The van der Waals surface area contributed by atoms with Crippen LogP contribution < -0.4 is 87.2 Å². The number of aryl methyl sites for hydroxylation is 1. The van der Waals surface area contributed by atoms with Gasteiger partial charge in [-0.1, -0.05) is 105 Å². The Balaban J connectivity index is 1.25. The van der Waals surface area contributed by atoms with Crippen molar-refractivity contribution >= 4 is 99.7 Å². The number of carbonyl (C=O) groups excluding carboxylic acids is 11. The second kappa shape index (κ2) is 44.0. The lowest BCUT2D eigenvalue weighted by Gasteiger charge is -2.27. The maximum absolute atomic E-state index is 14.4. The minimum Gasteiger partial charge on any atom is -0.481 e. The molecule has 5 rings (SSSR count). The van der Waals surface area contributed by atoms with E-state index < -0.39 is 181 Å². The summed E-state index contributed by atoms with van der Waals surface area (Å²) in [6.45, 7) is 4.07. The number of fused-ring (bicyclic) bond motifs is 1. The number of carbonyl (C=O) groups is 13. The quantitative estimate of drug-likeness (QED) is 0.0100. The van der Waals surface area contributed by atoms with E-state index in [1.165, 1.54) is 24.7 Å². The molecule has 3 aromatic carbocycles. The number of aliphatic hydroxyl groups is 1. The van der Waals surface area contributed by atoms with Gasteiger partial charge in [0.25, 0.3) is 0 Å². The Hall–Kier alpha value is -12.1. The van der Waals surface area contributed by atoms with Gasteiger partial charge >= 0.3 is 11.9 Å². The topological polar surface area (TPSA) is 639 Å². The molecule has 108 heavy (non-hydrogen) atoms. The second-order valence-electron chi connectivity index (χ2n) is 26.3. The van der Waals surface area contributed by atoms with Crippen molar-refractivity contribution in [3.05, 3.63) is 120 Å². The smallest absolute Gasteiger partial charge is 0.326 e. The number of hydrogen-bond donors (Lipinski definition) is 22. The molecule has 11 atom stereocenters. The monoisotopic (exact) mass is 1500 g/mol. The first-order valence-electron chi connectivity index (χ1n) is 35.1. The van der Waals surface area contributed by atoms with Crippen molar-refractivity contribution in [2.75, 3.05) is 19.7 Å². The summed E-state index contributed by atoms with van der Waals surface area (Å²) in [5, 5.41) is 82.6. The van der Waals surface area contributed by atoms with Gasteiger partial charge in [-0.3, -0.25) is 73.0 Å². The molecule has 2 aromatic heterocycles. The molecular weight excluding hydrogens is 1400 g/mol. The maximum Gasteiger partial charge on any atom is 0.326 e. The normalized spacial score (nSPS) is 14.2. The van der Waals surface area contributed by atoms with Crippen LogP contribution in [0.3, 0.4) is 0 Å². The molecule has 0 spiro atoms. The minimum absolute atomic E-state index is 0.00324. The summed E-state index contributed by atoms with van der Waals surface area (Å²) < 4.78 is 1.41. The van der Waals surface area contributed by atoms with Gasteiger partial charge in [0.2, 0.25) is 65.0 Å². The molecule has 11 amide bonds. The van der Waals surface area contributed by atoms with Crippen LogP contribution in [0.25, 0.3) is 10.9 Å². The Bertz CT molecular complexity index is 3910. The molecule has 0 fully saturated rings. The molecule has 38 nitrogen and oxygen atoms in total. The van der Waals surface area contributed by atoms with Crippen LogP contribution in [0.2, 0.25) is 0 Å². The number of carboxylic acid groups (broad SMARTS) is 2. The number of hydrogen-bond acceptors (Lipinski definition) is 19. The number of nitrogens with zero attached hydrogens (tertiary/aromatic N) is 3. The number of benzene rings is 3. The fourth-order valence-electron chi connectivity index (χ4n) is 11.3. The summed E-state index contributed by atoms with van der Waals surface area (Å²) in [5.74, 6) is -14.7. The molecule has 0 aliphatic heterocycles. The number of aromatic amines is 1. The van der Waals surface area contributed by atoms with Gasteiger partial charge in [-0.25, -0.2) is 4.79 Å². The van der Waals surface area contributed by atoms with E-state index in [-0.39, 0.29) is 95.5 Å². The van der Waals surface area contributed by atoms with Crippen LogP contribution in [-0.4, -0.2) is 204 Å². The Morgan fingerprint density at radius 2 is 0.981 bits per heavy atom. The van der Waals surface area contributed by atoms with Crippen LogP contribution in [0.5, 0.6) is 0 Å². The molecule has 0 saturated carbocycles. The van der Waals surface area contributed by atoms with Crippen LogP contribution in [0, 0.1) is 22.7 Å². The third-order valence-corrected chi connectivity index (χ3v) is 17.2. The van der Waals surface area contributed by atoms with E-state index in [9.17, 15) is 77.6 Å². The summed E-state index contributed by atoms with van der Waals surface area (Å²) >= 11 is 0. The Morgan fingerprint density at radius 3 is 1.52 bits per heavy atom. The SMILES string of the molecule is CC(C)C(NC(=O)[C@@H](CO)NC(=O)C(CCCNC(=N)N)NC(=O)[C@@H](Cc1ccccc1)NC(=O)C(N)Cc1cn(CCCCC(NC(=O)[C@@H](Cc2c[nH]c3ccccc23)NC(=O)C(CCC(=O)O)NC(=O)C(CCCNC(=N)N)NC(=O)[C@H](C)Cc2ccccc2)C(=O)O)nn1)C(=O)N[C@H](CC(N)=O)C(N)=O. The van der Waals surface area contributed by atoms with Crippen LogP contribution in [-0.2, 0) is 94.6 Å². The van der Waals surface area contributed by atoms with Gasteiger partial charge in [0.15, 0.2) is 11.9 Å². The number of guanidine groups is 2. The highest BCUT2D eigenvalue weighted by Gasteiger charge is 2.36. The van der Waals surface area contributed by atoms with Gasteiger partial charge < -0.3 is 107 Å². The first kappa shape index (κ1) is 86.6. The third-order valence-electron chi connectivity index (χ3n) is 17.2. The van der Waals surface area contributed by atoms with Crippen molar-refractivity contribution in [1.82, 2.24) is 78.5 Å². The fourth-order valence-corrected chi connectivity index (χ4v) is 11.3. The van der Waals surface area contributed by atoms with Gasteiger partial charge in [0, 0.05) is 74.5 Å². The number of para-hydroxylation sites is 1. The highest BCUT2D eigenvalue weighted by molar-refractivity contribution is 5.99. The summed E-state index contributed by atoms with van der Waals surface area (Å²) in [4.78, 5) is 177. The van der Waals surface area contributed by atoms with Gasteiger partial charge in [0.05, 0.1) is 24.8 Å². The van der Waals surface area contributed by atoms with Crippen molar-refractivity contribution in [2.24, 2.45) is 40.5 Å². The van der Waals surface area contributed by atoms with E-state index in [0.29, 0.717) is 28.5 Å². The van der Waals surface area contributed by atoms with E-state index in [4.69, 9.17) is 39.5 Å². The van der Waals surface area contributed by atoms with Crippen molar-refractivity contribution in [2.45, 2.75) is 178 Å². The number of primary amides is 2. The lowest BCUT2D eigenvalue weighted by atomic mass is 9.99. The zero-order valence-corrected chi connectivity index (χ0v) is 60.3. The Morgan fingerprint density at radius 1 is 0.509 bits per heavy atom. The lowest BCUT2D eigenvalue weighted by Crippen LogP contribution is -2.61. The predicted molar refractivity (Wildman–Crippen MR) is 392 cm³/mol. The van der Waals surface area contributed by atoms with E-state index in [0.717, 1.165) is 5.56 Å². The van der Waals surface area contributed by atoms with Gasteiger partial charge in [-0.05, 0) is 86.5 Å². The highest BCUT2D eigenvalue weighted by Crippen LogP contribution is 2.21. The molecule has 586 valence electrons. The standard InChI is InChI=1S/C70H100N22O16/c1-38(2)57(67(106)85-51(58(73)97)34-55(72)94)89-66(105)54(37-93)88-62(101)48(24-15-28-79-70(76)77)82-64(103)52(31-41-18-8-5-9-19-41)86-60(99)45(71)33-43-36-92(91-90-43)29-13-12-22-50(68(107)108)84-65(104)53(32-42-35-80-46-21-11-10-20-44(42)46)87-63(102)49(25-26-56(95)96)83-61(100)47(23-14-27-78-69(74)75)81-59(98)39(3)30-40-16-6-4-7-17-40/h4-11,16-21,35-36,38-39,45,47-54,57,80,93H,12-15,22-34,37,71H2,1-3H3,(H2,72,94)(H2,73,97)(H,81,98)(H,82,103)(H,83,100)(H,84,104)(H,85,106)(H,86,99)(H,87,102)(H,88,101)(H,89,105)(H,95,96)(H,107,108)(H4,74,75,78)(H4,76,77,79)/t39-,45?,47?,48?,49?,50?,51-,52-,53-,54-,57?/m1/s1. The maximum atomic E-state index is 14.4. The van der Waals surface area contributed by atoms with Crippen LogP contribution in [0.4, 0.5) is 0 Å². The number of unbranched alkanes of at least 4 members (excludes halogenated alkanes) is 1. The Kier molecular flexibility index (Phi) is 35.3. The van der Waals surface area contributed by atoms with Gasteiger partial charge in [-0.15, -0.1) is 5.10 Å². The van der Waals surface area contributed by atoms with Gasteiger partial charge in [0.1, 0.15) is 54.4 Å². The second-order valence-corrected chi connectivity index (χ2v) is 26.3. The number of nitrogens with two attached hydrogens (primary N) is 5. The molecule has 2 heterocycles. The molecule has 0 saturated heterocycles. The van der Waals surface area contributed by atoms with E-state index >= 15 is 0 Å². The number of aromatic nitrogens is 4. The average molecular weight is 1510 g/mol. The lowest BCUT2D eigenvalue weighted by molar-refractivity contribution is -0.142. The zero-order chi connectivity index (χ0) is 79.6. The number of rotatable bonds is 48. The molecule has 0 radical (unpaired) electrons. The Labute approximate surface area is 621 Å². The van der Waals surface area contributed by atoms with Crippen LogP contribution >= 0.6 is 0 Å². The van der Waals surface area contributed by atoms with Crippen LogP contribution in [0.15, 0.2) is 97.3 Å². The highest BCUT2D eigenvalue weighted by atomic mass is 16.4. The number of aliphatic carboxylic acids is 2.